The minimum Gasteiger partial charge on any atom is -0.480 e. The maximum atomic E-state index is 12.5. The van der Waals surface area contributed by atoms with Crippen LogP contribution in [-0.4, -0.2) is 41.4 Å². The summed E-state index contributed by atoms with van der Waals surface area (Å²) >= 11 is 5.89. The first-order valence-electron chi connectivity index (χ1n) is 5.84. The zero-order chi connectivity index (χ0) is 16.5. The van der Waals surface area contributed by atoms with E-state index in [9.17, 15) is 22.8 Å². The molecule has 0 aromatic heterocycles. The molecule has 120 valence electrons. The molecule has 0 unspecified atom stereocenters. The van der Waals surface area contributed by atoms with Crippen LogP contribution in [0.25, 0.3) is 0 Å². The van der Waals surface area contributed by atoms with Crippen molar-refractivity contribution in [1.82, 2.24) is 4.90 Å². The molecule has 0 atom stereocenters. The first kappa shape index (κ1) is 16.2. The lowest BCUT2D eigenvalue weighted by atomic mass is 10.2. The van der Waals surface area contributed by atoms with Gasteiger partial charge in [-0.15, -0.1) is 0 Å². The molecule has 6 nitrogen and oxygen atoms in total. The highest BCUT2D eigenvalue weighted by molar-refractivity contribution is 6.32. The van der Waals surface area contributed by atoms with Crippen molar-refractivity contribution < 1.29 is 37.3 Å². The SMILES string of the molecule is O=C(O)CN(Cc1cc(Cl)c2c(c1)OCO2)C(=O)C(F)(F)F. The number of ether oxygens (including phenoxy) is 2. The molecule has 1 aromatic rings. The van der Waals surface area contributed by atoms with Gasteiger partial charge in [0.05, 0.1) is 5.02 Å². The Hall–Kier alpha value is -2.16. The lowest BCUT2D eigenvalue weighted by molar-refractivity contribution is -0.187. The molecule has 1 aliphatic heterocycles. The van der Waals surface area contributed by atoms with E-state index in [0.717, 1.165) is 0 Å². The molecule has 1 heterocycles. The van der Waals surface area contributed by atoms with Crippen molar-refractivity contribution in [3.8, 4) is 11.5 Å². The molecule has 0 saturated heterocycles. The van der Waals surface area contributed by atoms with E-state index in [1.165, 1.54) is 12.1 Å². The second-order valence-electron chi connectivity index (χ2n) is 4.36. The van der Waals surface area contributed by atoms with Crippen LogP contribution in [0.5, 0.6) is 11.5 Å². The molecule has 22 heavy (non-hydrogen) atoms. The second kappa shape index (κ2) is 5.91. The lowest BCUT2D eigenvalue weighted by Gasteiger charge is -2.22. The smallest absolute Gasteiger partial charge is 0.471 e. The zero-order valence-corrected chi connectivity index (χ0v) is 11.6. The fraction of sp³-hybridized carbons (Fsp3) is 0.333. The lowest BCUT2D eigenvalue weighted by Crippen LogP contribution is -2.43. The molecule has 0 aliphatic carbocycles. The number of alkyl halides is 3. The number of carboxylic acids is 1. The molecule has 0 radical (unpaired) electrons. The van der Waals surface area contributed by atoms with E-state index in [0.29, 0.717) is 0 Å². The Labute approximate surface area is 127 Å². The number of aliphatic carboxylic acids is 1. The third-order valence-electron chi connectivity index (χ3n) is 2.72. The monoisotopic (exact) mass is 339 g/mol. The van der Waals surface area contributed by atoms with Gasteiger partial charge in [0, 0.05) is 6.54 Å². The second-order valence-corrected chi connectivity index (χ2v) is 4.77. The number of hydrogen-bond acceptors (Lipinski definition) is 4. The van der Waals surface area contributed by atoms with Crippen molar-refractivity contribution >= 4 is 23.5 Å². The van der Waals surface area contributed by atoms with Gasteiger partial charge in [0.2, 0.25) is 6.79 Å². The molecule has 0 fully saturated rings. The minimum atomic E-state index is -5.17. The van der Waals surface area contributed by atoms with Gasteiger partial charge in [-0.05, 0) is 17.7 Å². The first-order valence-corrected chi connectivity index (χ1v) is 6.22. The largest absolute Gasteiger partial charge is 0.480 e. The average molecular weight is 340 g/mol. The summed E-state index contributed by atoms with van der Waals surface area (Å²) in [4.78, 5) is 22.1. The van der Waals surface area contributed by atoms with Crippen LogP contribution in [0.4, 0.5) is 13.2 Å². The molecule has 1 amide bonds. The Morgan fingerprint density at radius 1 is 1.32 bits per heavy atom. The van der Waals surface area contributed by atoms with Gasteiger partial charge < -0.3 is 19.5 Å². The van der Waals surface area contributed by atoms with E-state index in [1.54, 1.807) is 0 Å². The number of rotatable bonds is 4. The third kappa shape index (κ3) is 3.53. The van der Waals surface area contributed by atoms with Crippen molar-refractivity contribution in [3.63, 3.8) is 0 Å². The summed E-state index contributed by atoms with van der Waals surface area (Å²) in [6.07, 6.45) is -5.17. The summed E-state index contributed by atoms with van der Waals surface area (Å²) in [7, 11) is 0. The third-order valence-corrected chi connectivity index (χ3v) is 3.00. The summed E-state index contributed by atoms with van der Waals surface area (Å²) in [5.74, 6) is -3.34. The van der Waals surface area contributed by atoms with Crippen LogP contribution in [0.2, 0.25) is 5.02 Å². The number of amides is 1. The van der Waals surface area contributed by atoms with Crippen LogP contribution < -0.4 is 9.47 Å². The highest BCUT2D eigenvalue weighted by Gasteiger charge is 2.43. The normalized spacial score (nSPS) is 13.1. The predicted octanol–water partition coefficient (Wildman–Crippen LogP) is 2.04. The van der Waals surface area contributed by atoms with Gasteiger partial charge in [-0.2, -0.15) is 13.2 Å². The number of nitrogens with zero attached hydrogens (tertiary/aromatic N) is 1. The van der Waals surface area contributed by atoms with Crippen molar-refractivity contribution in [1.29, 1.82) is 0 Å². The van der Waals surface area contributed by atoms with Crippen molar-refractivity contribution in [2.45, 2.75) is 12.7 Å². The van der Waals surface area contributed by atoms with Gasteiger partial charge in [0.25, 0.3) is 0 Å². The van der Waals surface area contributed by atoms with Crippen LogP contribution in [0.15, 0.2) is 12.1 Å². The van der Waals surface area contributed by atoms with Gasteiger partial charge in [-0.1, -0.05) is 11.6 Å². The molecular weight excluding hydrogens is 331 g/mol. The fourth-order valence-electron chi connectivity index (χ4n) is 1.87. The fourth-order valence-corrected chi connectivity index (χ4v) is 2.16. The quantitative estimate of drug-likeness (QED) is 0.908. The van der Waals surface area contributed by atoms with E-state index < -0.39 is 31.1 Å². The van der Waals surface area contributed by atoms with Gasteiger partial charge in [0.1, 0.15) is 6.54 Å². The van der Waals surface area contributed by atoms with Crippen LogP contribution in [-0.2, 0) is 16.1 Å². The topological polar surface area (TPSA) is 76.1 Å². The average Bonchev–Trinajstić information content (AvgIpc) is 2.84. The molecular formula is C12H9ClF3NO5. The molecule has 1 aromatic carbocycles. The van der Waals surface area contributed by atoms with Crippen molar-refractivity contribution in [2.75, 3.05) is 13.3 Å². The van der Waals surface area contributed by atoms with Gasteiger partial charge >= 0.3 is 18.1 Å². The zero-order valence-electron chi connectivity index (χ0n) is 10.8. The Morgan fingerprint density at radius 2 is 2.00 bits per heavy atom. The molecule has 0 saturated carbocycles. The number of benzene rings is 1. The van der Waals surface area contributed by atoms with Crippen LogP contribution >= 0.6 is 11.6 Å². The van der Waals surface area contributed by atoms with Crippen LogP contribution in [0.1, 0.15) is 5.56 Å². The van der Waals surface area contributed by atoms with Crippen LogP contribution in [0, 0.1) is 0 Å². The number of halogens is 4. The maximum absolute atomic E-state index is 12.5. The van der Waals surface area contributed by atoms with Gasteiger partial charge in [0.15, 0.2) is 11.5 Å². The van der Waals surface area contributed by atoms with E-state index in [1.807, 2.05) is 0 Å². The highest BCUT2D eigenvalue weighted by atomic mass is 35.5. The molecule has 10 heteroatoms. The Balaban J connectivity index is 2.26. The van der Waals surface area contributed by atoms with E-state index in [-0.39, 0.29) is 33.8 Å². The predicted molar refractivity (Wildman–Crippen MR) is 66.7 cm³/mol. The maximum Gasteiger partial charge on any atom is 0.471 e. The molecule has 1 N–H and O–H groups in total. The van der Waals surface area contributed by atoms with E-state index >= 15 is 0 Å². The van der Waals surface area contributed by atoms with Gasteiger partial charge in [-0.25, -0.2) is 0 Å². The van der Waals surface area contributed by atoms with Crippen molar-refractivity contribution in [3.05, 3.63) is 22.7 Å². The Kier molecular flexibility index (Phi) is 4.36. The van der Waals surface area contributed by atoms with Gasteiger partial charge in [-0.3, -0.25) is 9.59 Å². The van der Waals surface area contributed by atoms with Crippen molar-refractivity contribution in [2.24, 2.45) is 0 Å². The Bertz CT molecular complexity index is 620. The Morgan fingerprint density at radius 3 is 2.59 bits per heavy atom. The first-order chi connectivity index (χ1) is 10.2. The standard InChI is InChI=1S/C12H9ClF3NO5/c13-7-1-6(2-8-10(7)22-5-21-8)3-17(4-9(18)19)11(20)12(14,15)16/h1-2H,3-5H2,(H,18,19). The summed E-state index contributed by atoms with van der Waals surface area (Å²) in [5.41, 5.74) is 0.188. The summed E-state index contributed by atoms with van der Waals surface area (Å²) in [5, 5.41) is 8.75. The molecule has 2 rings (SSSR count). The number of carboxylic acid groups (broad SMARTS) is 1. The number of fused-ring (bicyclic) bond motifs is 1. The number of carbonyl (C=O) groups is 2. The number of carbonyl (C=O) groups excluding carboxylic acids is 1. The van der Waals surface area contributed by atoms with E-state index in [4.69, 9.17) is 26.2 Å². The molecule has 1 aliphatic rings. The van der Waals surface area contributed by atoms with Crippen LogP contribution in [0.3, 0.4) is 0 Å². The minimum absolute atomic E-state index is 0.0845. The summed E-state index contributed by atoms with van der Waals surface area (Å²) in [6, 6.07) is 2.63. The summed E-state index contributed by atoms with van der Waals surface area (Å²) in [6.45, 7) is -1.76. The number of hydrogen-bond donors (Lipinski definition) is 1. The van der Waals surface area contributed by atoms with E-state index in [2.05, 4.69) is 0 Å². The highest BCUT2D eigenvalue weighted by Crippen LogP contribution is 2.40. The summed E-state index contributed by atoms with van der Waals surface area (Å²) < 4.78 is 47.6. The molecule has 0 spiro atoms. The molecule has 0 bridgehead atoms.